The number of carbonyl (C=O) groups excluding carboxylic acids is 1. The molecule has 8 heteroatoms. The number of carbonyl (C=O) groups is 1. The van der Waals surface area contributed by atoms with Gasteiger partial charge in [0.1, 0.15) is 4.90 Å². The summed E-state index contributed by atoms with van der Waals surface area (Å²) in [6, 6.07) is 10.0. The van der Waals surface area contributed by atoms with Crippen LogP contribution >= 0.6 is 23.2 Å². The van der Waals surface area contributed by atoms with Crippen molar-refractivity contribution in [2.24, 2.45) is 0 Å². The van der Waals surface area contributed by atoms with Crippen LogP contribution in [0.25, 0.3) is 0 Å². The molecule has 128 valence electrons. The van der Waals surface area contributed by atoms with E-state index in [2.05, 4.69) is 4.72 Å². The number of rotatable bonds is 6. The smallest absolute Gasteiger partial charge is 0.338 e. The van der Waals surface area contributed by atoms with Gasteiger partial charge in [-0.1, -0.05) is 30.1 Å². The lowest BCUT2D eigenvalue weighted by molar-refractivity contribution is 0.0505. The zero-order chi connectivity index (χ0) is 17.7. The standard InChI is InChI=1S/C16H15Cl2NO4S/c1-2-9-23-16(20)11-3-6-13(7-4-11)19-24(21,22)15-8-5-12(17)10-14(15)18/h3-8,10,19H,2,9H2,1H3. The summed E-state index contributed by atoms with van der Waals surface area (Å²) >= 11 is 11.7. The summed E-state index contributed by atoms with van der Waals surface area (Å²) in [5, 5.41) is 0.364. The van der Waals surface area contributed by atoms with Crippen LogP contribution in [0, 0.1) is 0 Å². The molecular weight excluding hydrogens is 373 g/mol. The van der Waals surface area contributed by atoms with Gasteiger partial charge in [0.15, 0.2) is 0 Å². The van der Waals surface area contributed by atoms with Crippen LogP contribution in [-0.2, 0) is 14.8 Å². The van der Waals surface area contributed by atoms with Crippen molar-refractivity contribution in [2.45, 2.75) is 18.2 Å². The minimum absolute atomic E-state index is 0.0229. The first-order valence-corrected chi connectivity index (χ1v) is 9.32. The Labute approximate surface area is 150 Å². The Morgan fingerprint density at radius 1 is 1.12 bits per heavy atom. The monoisotopic (exact) mass is 387 g/mol. The Kier molecular flexibility index (Phi) is 6.10. The number of nitrogens with one attached hydrogen (secondary N) is 1. The molecule has 1 N–H and O–H groups in total. The van der Waals surface area contributed by atoms with Crippen molar-refractivity contribution < 1.29 is 17.9 Å². The summed E-state index contributed by atoms with van der Waals surface area (Å²) in [7, 11) is -3.86. The molecule has 0 aliphatic rings. The van der Waals surface area contributed by atoms with Crippen molar-refractivity contribution in [3.63, 3.8) is 0 Å². The van der Waals surface area contributed by atoms with Gasteiger partial charge >= 0.3 is 5.97 Å². The SMILES string of the molecule is CCCOC(=O)c1ccc(NS(=O)(=O)c2ccc(Cl)cc2Cl)cc1. The molecule has 0 aliphatic carbocycles. The van der Waals surface area contributed by atoms with E-state index < -0.39 is 16.0 Å². The molecule has 0 unspecified atom stereocenters. The lowest BCUT2D eigenvalue weighted by Gasteiger charge is -2.10. The Morgan fingerprint density at radius 2 is 1.79 bits per heavy atom. The van der Waals surface area contributed by atoms with E-state index in [0.717, 1.165) is 6.42 Å². The first-order valence-electron chi connectivity index (χ1n) is 7.08. The second kappa shape index (κ2) is 7.88. The predicted molar refractivity (Wildman–Crippen MR) is 94.3 cm³/mol. The Bertz CT molecular complexity index is 836. The highest BCUT2D eigenvalue weighted by atomic mass is 35.5. The Morgan fingerprint density at radius 3 is 2.38 bits per heavy atom. The van der Waals surface area contributed by atoms with Crippen molar-refractivity contribution >= 4 is 44.9 Å². The maximum atomic E-state index is 12.4. The largest absolute Gasteiger partial charge is 0.462 e. The number of hydrogen-bond acceptors (Lipinski definition) is 4. The highest BCUT2D eigenvalue weighted by Gasteiger charge is 2.18. The molecule has 24 heavy (non-hydrogen) atoms. The number of benzene rings is 2. The lowest BCUT2D eigenvalue weighted by Crippen LogP contribution is -2.13. The fourth-order valence-corrected chi connectivity index (χ4v) is 3.69. The van der Waals surface area contributed by atoms with Crippen LogP contribution in [0.15, 0.2) is 47.4 Å². The zero-order valence-electron chi connectivity index (χ0n) is 12.8. The number of ether oxygens (including phenoxy) is 1. The minimum atomic E-state index is -3.86. The van der Waals surface area contributed by atoms with Gasteiger partial charge in [-0.3, -0.25) is 4.72 Å². The summed E-state index contributed by atoms with van der Waals surface area (Å²) in [6.07, 6.45) is 0.728. The molecule has 0 aliphatic heterocycles. The Hall–Kier alpha value is -1.76. The molecule has 0 spiro atoms. The highest BCUT2D eigenvalue weighted by molar-refractivity contribution is 7.92. The van der Waals surface area contributed by atoms with Crippen LogP contribution < -0.4 is 4.72 Å². The molecular formula is C16H15Cl2NO4S. The van der Waals surface area contributed by atoms with Crippen LogP contribution in [0.5, 0.6) is 0 Å². The van der Waals surface area contributed by atoms with E-state index in [-0.39, 0.29) is 9.92 Å². The molecule has 0 saturated carbocycles. The first kappa shape index (κ1) is 18.6. The summed E-state index contributed by atoms with van der Waals surface area (Å²) in [5.74, 6) is -0.452. The van der Waals surface area contributed by atoms with Gasteiger partial charge in [0.05, 0.1) is 17.2 Å². The quantitative estimate of drug-likeness (QED) is 0.747. The first-order chi connectivity index (χ1) is 11.3. The van der Waals surface area contributed by atoms with Gasteiger partial charge in [-0.05, 0) is 48.9 Å². The predicted octanol–water partition coefficient (Wildman–Crippen LogP) is 4.36. The number of hydrogen-bond donors (Lipinski definition) is 1. The molecule has 0 amide bonds. The summed E-state index contributed by atoms with van der Waals surface area (Å²) in [4.78, 5) is 11.6. The maximum Gasteiger partial charge on any atom is 0.338 e. The fraction of sp³-hybridized carbons (Fsp3) is 0.188. The normalized spacial score (nSPS) is 11.1. The highest BCUT2D eigenvalue weighted by Crippen LogP contribution is 2.26. The molecule has 0 aromatic heterocycles. The van der Waals surface area contributed by atoms with E-state index in [1.54, 1.807) is 0 Å². The second-order valence-electron chi connectivity index (χ2n) is 4.89. The topological polar surface area (TPSA) is 72.5 Å². The zero-order valence-corrected chi connectivity index (χ0v) is 15.1. The minimum Gasteiger partial charge on any atom is -0.462 e. The van der Waals surface area contributed by atoms with E-state index in [0.29, 0.717) is 22.9 Å². The van der Waals surface area contributed by atoms with Gasteiger partial charge in [-0.25, -0.2) is 13.2 Å². The van der Waals surface area contributed by atoms with Gasteiger partial charge in [0.25, 0.3) is 10.0 Å². The average Bonchev–Trinajstić information content (AvgIpc) is 2.52. The summed E-state index contributed by atoms with van der Waals surface area (Å²) in [5.41, 5.74) is 0.643. The van der Waals surface area contributed by atoms with E-state index in [9.17, 15) is 13.2 Å². The van der Waals surface area contributed by atoms with E-state index in [1.807, 2.05) is 6.92 Å². The Balaban J connectivity index is 2.17. The van der Waals surface area contributed by atoms with Crippen molar-refractivity contribution in [2.75, 3.05) is 11.3 Å². The number of sulfonamides is 1. The van der Waals surface area contributed by atoms with Crippen molar-refractivity contribution in [3.8, 4) is 0 Å². The van der Waals surface area contributed by atoms with Crippen LogP contribution in [0.2, 0.25) is 10.0 Å². The van der Waals surface area contributed by atoms with Gasteiger partial charge in [-0.2, -0.15) is 0 Å². The molecule has 5 nitrogen and oxygen atoms in total. The van der Waals surface area contributed by atoms with E-state index in [1.165, 1.54) is 42.5 Å². The van der Waals surface area contributed by atoms with Gasteiger partial charge < -0.3 is 4.74 Å². The van der Waals surface area contributed by atoms with Crippen molar-refractivity contribution in [1.82, 2.24) is 0 Å². The molecule has 0 atom stereocenters. The third kappa shape index (κ3) is 4.63. The molecule has 0 radical (unpaired) electrons. The summed E-state index contributed by atoms with van der Waals surface area (Å²) in [6.45, 7) is 2.23. The molecule has 2 aromatic rings. The van der Waals surface area contributed by atoms with Gasteiger partial charge in [0, 0.05) is 10.7 Å². The van der Waals surface area contributed by atoms with Gasteiger partial charge in [-0.15, -0.1) is 0 Å². The molecule has 0 fully saturated rings. The van der Waals surface area contributed by atoms with Gasteiger partial charge in [0.2, 0.25) is 0 Å². The third-order valence-corrected chi connectivity index (χ3v) is 5.09. The molecule has 2 aromatic carbocycles. The van der Waals surface area contributed by atoms with E-state index >= 15 is 0 Å². The number of anilines is 1. The summed E-state index contributed by atoms with van der Waals surface area (Å²) < 4.78 is 32.1. The van der Waals surface area contributed by atoms with Crippen LogP contribution in [-0.4, -0.2) is 21.0 Å². The molecule has 0 bridgehead atoms. The molecule has 2 rings (SSSR count). The average molecular weight is 388 g/mol. The fourth-order valence-electron chi connectivity index (χ4n) is 1.86. The van der Waals surface area contributed by atoms with E-state index in [4.69, 9.17) is 27.9 Å². The van der Waals surface area contributed by atoms with Crippen molar-refractivity contribution in [3.05, 3.63) is 58.1 Å². The lowest BCUT2D eigenvalue weighted by atomic mass is 10.2. The number of halogens is 2. The van der Waals surface area contributed by atoms with Crippen LogP contribution in [0.4, 0.5) is 5.69 Å². The second-order valence-corrected chi connectivity index (χ2v) is 7.39. The third-order valence-electron chi connectivity index (χ3n) is 2.99. The van der Waals surface area contributed by atoms with Crippen LogP contribution in [0.1, 0.15) is 23.7 Å². The van der Waals surface area contributed by atoms with Crippen LogP contribution in [0.3, 0.4) is 0 Å². The van der Waals surface area contributed by atoms with Crippen molar-refractivity contribution in [1.29, 1.82) is 0 Å². The maximum absolute atomic E-state index is 12.4. The number of esters is 1. The molecule has 0 saturated heterocycles. The molecule has 0 heterocycles.